The number of rotatable bonds is 2. The molecule has 1 aromatic rings. The third kappa shape index (κ3) is 1.74. The average Bonchev–Trinajstić information content (AvgIpc) is 2.08. The quantitative estimate of drug-likeness (QED) is 0.613. The van der Waals surface area contributed by atoms with Gasteiger partial charge in [0.2, 0.25) is 0 Å². The van der Waals surface area contributed by atoms with E-state index in [-0.39, 0.29) is 5.56 Å². The summed E-state index contributed by atoms with van der Waals surface area (Å²) in [5, 5.41) is 0. The summed E-state index contributed by atoms with van der Waals surface area (Å²) >= 11 is 1.98. The Hall–Kier alpha value is -0.650. The van der Waals surface area contributed by atoms with Crippen LogP contribution in [0.3, 0.4) is 0 Å². The number of carbonyl (C=O) groups excluding carboxylic acids is 1. The van der Waals surface area contributed by atoms with E-state index in [1.807, 2.05) is 22.6 Å². The van der Waals surface area contributed by atoms with Crippen LogP contribution in [-0.4, -0.2) is 13.4 Å². The Balaban J connectivity index is 3.25. The summed E-state index contributed by atoms with van der Waals surface area (Å²) in [6, 6.07) is 2.65. The summed E-state index contributed by atoms with van der Waals surface area (Å²) in [6.07, 6.45) is 0.483. The van der Waals surface area contributed by atoms with Crippen LogP contribution in [0.25, 0.3) is 0 Å². The van der Waals surface area contributed by atoms with E-state index in [0.717, 1.165) is 3.57 Å². The van der Waals surface area contributed by atoms with E-state index < -0.39 is 5.82 Å². The number of aldehydes is 1. The molecule has 0 saturated heterocycles. The predicted molar refractivity (Wildman–Crippen MR) is 51.1 cm³/mol. The molecule has 1 aromatic carbocycles. The fourth-order valence-corrected chi connectivity index (χ4v) is 1.50. The minimum absolute atomic E-state index is 0.0557. The highest BCUT2D eigenvalue weighted by atomic mass is 127. The minimum Gasteiger partial charge on any atom is -0.496 e. The topological polar surface area (TPSA) is 26.3 Å². The van der Waals surface area contributed by atoms with Gasteiger partial charge in [-0.25, -0.2) is 4.39 Å². The molecule has 0 bridgehead atoms. The molecule has 0 atom stereocenters. The molecule has 4 heteroatoms. The van der Waals surface area contributed by atoms with Gasteiger partial charge in [0.25, 0.3) is 0 Å². The van der Waals surface area contributed by atoms with Crippen LogP contribution in [0.5, 0.6) is 5.75 Å². The standard InChI is InChI=1S/C8H6FIO2/c1-12-8-3-6(9)5(4-11)2-7(8)10/h2-4H,1H3. The molecule has 1 rings (SSSR count). The van der Waals surface area contributed by atoms with Crippen LogP contribution in [-0.2, 0) is 0 Å². The number of hydrogen-bond acceptors (Lipinski definition) is 2. The van der Waals surface area contributed by atoms with Gasteiger partial charge in [0.05, 0.1) is 16.2 Å². The first-order valence-electron chi connectivity index (χ1n) is 3.17. The van der Waals surface area contributed by atoms with Gasteiger partial charge >= 0.3 is 0 Å². The summed E-state index contributed by atoms with van der Waals surface area (Å²) in [4.78, 5) is 10.3. The van der Waals surface area contributed by atoms with E-state index in [9.17, 15) is 9.18 Å². The Labute approximate surface area is 82.9 Å². The molecule has 0 radical (unpaired) electrons. The van der Waals surface area contributed by atoms with E-state index >= 15 is 0 Å². The van der Waals surface area contributed by atoms with Gasteiger partial charge in [-0.15, -0.1) is 0 Å². The maximum absolute atomic E-state index is 12.9. The van der Waals surface area contributed by atoms with Gasteiger partial charge in [-0.2, -0.15) is 0 Å². The zero-order chi connectivity index (χ0) is 9.14. The molecule has 0 aromatic heterocycles. The Bertz CT molecular complexity index is 312. The summed E-state index contributed by atoms with van der Waals surface area (Å²) in [5.74, 6) is -0.110. The second kappa shape index (κ2) is 3.84. The largest absolute Gasteiger partial charge is 0.496 e. The lowest BCUT2D eigenvalue weighted by atomic mass is 10.2. The lowest BCUT2D eigenvalue weighted by molar-refractivity contribution is 0.111. The smallest absolute Gasteiger partial charge is 0.153 e. The lowest BCUT2D eigenvalue weighted by Crippen LogP contribution is -1.93. The molecule has 0 unspecified atom stereocenters. The summed E-state index contributed by atoms with van der Waals surface area (Å²) in [7, 11) is 1.46. The number of ether oxygens (including phenoxy) is 1. The number of benzene rings is 1. The van der Waals surface area contributed by atoms with Crippen molar-refractivity contribution in [3.63, 3.8) is 0 Å². The third-order valence-corrected chi connectivity index (χ3v) is 2.24. The molecule has 12 heavy (non-hydrogen) atoms. The number of carbonyl (C=O) groups is 1. The predicted octanol–water partition coefficient (Wildman–Crippen LogP) is 2.25. The van der Waals surface area contributed by atoms with E-state index in [0.29, 0.717) is 12.0 Å². The van der Waals surface area contributed by atoms with Crippen molar-refractivity contribution in [2.45, 2.75) is 0 Å². The Morgan fingerprint density at radius 1 is 1.58 bits per heavy atom. The molecule has 0 aliphatic carbocycles. The number of halogens is 2. The van der Waals surface area contributed by atoms with Gasteiger partial charge in [-0.05, 0) is 28.7 Å². The molecule has 2 nitrogen and oxygen atoms in total. The van der Waals surface area contributed by atoms with Gasteiger partial charge < -0.3 is 4.74 Å². The average molecular weight is 280 g/mol. The molecule has 0 saturated carbocycles. The highest BCUT2D eigenvalue weighted by Crippen LogP contribution is 2.23. The normalized spacial score (nSPS) is 9.58. The monoisotopic (exact) mass is 280 g/mol. The van der Waals surface area contributed by atoms with Gasteiger partial charge in [0.1, 0.15) is 11.6 Å². The van der Waals surface area contributed by atoms with Crippen LogP contribution in [0.15, 0.2) is 12.1 Å². The first-order valence-corrected chi connectivity index (χ1v) is 4.25. The van der Waals surface area contributed by atoms with Crippen LogP contribution in [0.2, 0.25) is 0 Å². The van der Waals surface area contributed by atoms with E-state index in [1.54, 1.807) is 0 Å². The van der Waals surface area contributed by atoms with Crippen LogP contribution in [0.4, 0.5) is 4.39 Å². The van der Waals surface area contributed by atoms with Gasteiger partial charge in [0, 0.05) is 6.07 Å². The maximum atomic E-state index is 12.9. The second-order valence-corrected chi connectivity index (χ2v) is 3.29. The maximum Gasteiger partial charge on any atom is 0.153 e. The van der Waals surface area contributed by atoms with Crippen molar-refractivity contribution in [3.8, 4) is 5.75 Å². The van der Waals surface area contributed by atoms with Crippen molar-refractivity contribution >= 4 is 28.9 Å². The summed E-state index contributed by atoms with van der Waals surface area (Å²) < 4.78 is 18.5. The van der Waals surface area contributed by atoms with Crippen LogP contribution < -0.4 is 4.74 Å². The first kappa shape index (κ1) is 9.44. The second-order valence-electron chi connectivity index (χ2n) is 2.13. The highest BCUT2D eigenvalue weighted by Gasteiger charge is 2.06. The molecular weight excluding hydrogens is 274 g/mol. The van der Waals surface area contributed by atoms with Gasteiger partial charge in [-0.3, -0.25) is 4.79 Å². The first-order chi connectivity index (χ1) is 5.69. The SMILES string of the molecule is COc1cc(F)c(C=O)cc1I. The highest BCUT2D eigenvalue weighted by molar-refractivity contribution is 14.1. The Morgan fingerprint density at radius 2 is 2.25 bits per heavy atom. The van der Waals surface area contributed by atoms with Gasteiger partial charge in [0.15, 0.2) is 6.29 Å². The zero-order valence-electron chi connectivity index (χ0n) is 6.30. The van der Waals surface area contributed by atoms with Crippen molar-refractivity contribution in [2.24, 2.45) is 0 Å². The molecular formula is C8H6FIO2. The molecule has 0 aliphatic rings. The number of methoxy groups -OCH3 is 1. The van der Waals surface area contributed by atoms with Crippen LogP contribution >= 0.6 is 22.6 Å². The summed E-state index contributed by atoms with van der Waals surface area (Å²) in [5.41, 5.74) is 0.0557. The molecule has 0 spiro atoms. The summed E-state index contributed by atoms with van der Waals surface area (Å²) in [6.45, 7) is 0. The fourth-order valence-electron chi connectivity index (χ4n) is 0.791. The number of hydrogen-bond donors (Lipinski definition) is 0. The lowest BCUT2D eigenvalue weighted by Gasteiger charge is -2.03. The van der Waals surface area contributed by atoms with Crippen molar-refractivity contribution in [2.75, 3.05) is 7.11 Å². The third-order valence-electron chi connectivity index (χ3n) is 1.40. The van der Waals surface area contributed by atoms with Crippen LogP contribution in [0, 0.1) is 9.39 Å². The molecule has 0 amide bonds. The molecule has 64 valence electrons. The van der Waals surface area contributed by atoms with Crippen molar-refractivity contribution < 1.29 is 13.9 Å². The van der Waals surface area contributed by atoms with E-state index in [2.05, 4.69) is 0 Å². The molecule has 0 fully saturated rings. The van der Waals surface area contributed by atoms with Crippen molar-refractivity contribution in [1.29, 1.82) is 0 Å². The minimum atomic E-state index is -0.553. The van der Waals surface area contributed by atoms with E-state index in [4.69, 9.17) is 4.74 Å². The molecule has 0 N–H and O–H groups in total. The van der Waals surface area contributed by atoms with Crippen molar-refractivity contribution in [1.82, 2.24) is 0 Å². The molecule has 0 heterocycles. The van der Waals surface area contributed by atoms with Gasteiger partial charge in [-0.1, -0.05) is 0 Å². The fraction of sp³-hybridized carbons (Fsp3) is 0.125. The molecule has 0 aliphatic heterocycles. The Kier molecular flexibility index (Phi) is 3.02. The van der Waals surface area contributed by atoms with Crippen molar-refractivity contribution in [3.05, 3.63) is 27.1 Å². The zero-order valence-corrected chi connectivity index (χ0v) is 8.46. The van der Waals surface area contributed by atoms with E-state index in [1.165, 1.54) is 19.2 Å². The Morgan fingerprint density at radius 3 is 2.75 bits per heavy atom. The van der Waals surface area contributed by atoms with Crippen LogP contribution in [0.1, 0.15) is 10.4 Å².